The fourth-order valence-electron chi connectivity index (χ4n) is 3.63. The van der Waals surface area contributed by atoms with E-state index in [0.29, 0.717) is 12.5 Å². The third kappa shape index (κ3) is 4.23. The zero-order valence-electron chi connectivity index (χ0n) is 16.8. The van der Waals surface area contributed by atoms with Gasteiger partial charge in [0.05, 0.1) is 5.92 Å². The molecule has 29 heavy (non-hydrogen) atoms. The number of nitrogens with zero attached hydrogens (tertiary/aromatic N) is 7. The van der Waals surface area contributed by atoms with Crippen LogP contribution in [0.25, 0.3) is 5.82 Å². The van der Waals surface area contributed by atoms with Gasteiger partial charge in [-0.25, -0.2) is 15.0 Å². The summed E-state index contributed by atoms with van der Waals surface area (Å²) in [7, 11) is 0. The number of aromatic nitrogens is 6. The third-order valence-corrected chi connectivity index (χ3v) is 5.04. The van der Waals surface area contributed by atoms with Crippen LogP contribution in [0.1, 0.15) is 30.1 Å². The number of imidazole rings is 1. The van der Waals surface area contributed by atoms with Gasteiger partial charge in [0.25, 0.3) is 0 Å². The van der Waals surface area contributed by atoms with Gasteiger partial charge in [-0.05, 0) is 51.8 Å². The van der Waals surface area contributed by atoms with Gasteiger partial charge in [-0.15, -0.1) is 10.2 Å². The molecule has 1 atom stereocenters. The fourth-order valence-corrected chi connectivity index (χ4v) is 3.63. The van der Waals surface area contributed by atoms with Gasteiger partial charge in [-0.1, -0.05) is 0 Å². The molecule has 9 nitrogen and oxygen atoms in total. The van der Waals surface area contributed by atoms with E-state index in [4.69, 9.17) is 0 Å². The molecule has 0 radical (unpaired) electrons. The zero-order chi connectivity index (χ0) is 20.4. The second-order valence-corrected chi connectivity index (χ2v) is 7.34. The number of aryl methyl sites for hydroxylation is 3. The lowest BCUT2D eigenvalue weighted by Gasteiger charge is -2.32. The van der Waals surface area contributed by atoms with Gasteiger partial charge in [0.15, 0.2) is 11.6 Å². The zero-order valence-corrected chi connectivity index (χ0v) is 16.8. The molecule has 4 rings (SSSR count). The number of nitrogens with one attached hydrogen (secondary N) is 1. The predicted octanol–water partition coefficient (Wildman–Crippen LogP) is 2.23. The lowest BCUT2D eigenvalue weighted by molar-refractivity contribution is -0.120. The monoisotopic (exact) mass is 392 g/mol. The smallest absolute Gasteiger partial charge is 0.231 e. The highest BCUT2D eigenvalue weighted by molar-refractivity contribution is 5.91. The van der Waals surface area contributed by atoms with Crippen molar-refractivity contribution in [1.82, 2.24) is 29.7 Å². The second kappa shape index (κ2) is 7.94. The van der Waals surface area contributed by atoms with E-state index in [2.05, 4.69) is 35.4 Å². The Labute approximate surface area is 169 Å². The molecule has 9 heteroatoms. The number of hydrogen-bond donors (Lipinski definition) is 1. The quantitative estimate of drug-likeness (QED) is 0.726. The summed E-state index contributed by atoms with van der Waals surface area (Å²) in [6.45, 7) is 7.14. The molecule has 0 spiro atoms. The number of hydrogen-bond acceptors (Lipinski definition) is 7. The topological polar surface area (TPSA) is 102 Å². The molecular weight excluding hydrogens is 368 g/mol. The molecule has 1 aliphatic heterocycles. The summed E-state index contributed by atoms with van der Waals surface area (Å²) >= 11 is 0. The van der Waals surface area contributed by atoms with Crippen molar-refractivity contribution in [2.75, 3.05) is 23.3 Å². The standard InChI is InChI=1S/C20H24N8O/c1-13-11-14(2)23-20(22-13)24-19(29)16-5-4-9-27(12-16)17-6-7-18(26-25-17)28-10-8-21-15(28)3/h6-8,10-11,16H,4-5,9,12H2,1-3H3,(H,22,23,24,29). The molecule has 1 fully saturated rings. The Hall–Kier alpha value is -3.36. The van der Waals surface area contributed by atoms with Crippen LogP contribution in [-0.4, -0.2) is 48.7 Å². The lowest BCUT2D eigenvalue weighted by Crippen LogP contribution is -2.41. The molecule has 1 unspecified atom stereocenters. The Morgan fingerprint density at radius 1 is 1.10 bits per heavy atom. The molecule has 0 bridgehead atoms. The molecular formula is C20H24N8O. The van der Waals surface area contributed by atoms with Crippen molar-refractivity contribution in [2.24, 2.45) is 5.92 Å². The number of amides is 1. The van der Waals surface area contributed by atoms with E-state index < -0.39 is 0 Å². The average molecular weight is 392 g/mol. The molecule has 1 amide bonds. The van der Waals surface area contributed by atoms with E-state index in [0.717, 1.165) is 48.2 Å². The SMILES string of the molecule is Cc1cc(C)nc(NC(=O)C2CCCN(c3ccc(-n4ccnc4C)nn3)C2)n1. The molecule has 3 aromatic heterocycles. The largest absolute Gasteiger partial charge is 0.354 e. The van der Waals surface area contributed by atoms with Crippen molar-refractivity contribution in [3.63, 3.8) is 0 Å². The number of piperidine rings is 1. The summed E-state index contributed by atoms with van der Waals surface area (Å²) in [5.41, 5.74) is 1.67. The summed E-state index contributed by atoms with van der Waals surface area (Å²) in [4.78, 5) is 27.7. The van der Waals surface area contributed by atoms with Crippen LogP contribution in [0.5, 0.6) is 0 Å². The summed E-state index contributed by atoms with van der Waals surface area (Å²) in [6.07, 6.45) is 5.33. The van der Waals surface area contributed by atoms with Gasteiger partial charge < -0.3 is 4.90 Å². The number of carbonyl (C=O) groups is 1. The molecule has 4 heterocycles. The van der Waals surface area contributed by atoms with Gasteiger partial charge in [0.1, 0.15) is 5.82 Å². The van der Waals surface area contributed by atoms with Gasteiger partial charge in [-0.2, -0.15) is 0 Å². The van der Waals surface area contributed by atoms with Crippen LogP contribution in [0.3, 0.4) is 0 Å². The van der Waals surface area contributed by atoms with Gasteiger partial charge in [-0.3, -0.25) is 14.7 Å². The average Bonchev–Trinajstić information content (AvgIpc) is 3.13. The van der Waals surface area contributed by atoms with E-state index in [1.54, 1.807) is 6.20 Å². The minimum absolute atomic E-state index is 0.0571. The Kier molecular flexibility index (Phi) is 5.20. The minimum atomic E-state index is -0.148. The first-order chi connectivity index (χ1) is 14.0. The maximum absolute atomic E-state index is 12.7. The first-order valence-corrected chi connectivity index (χ1v) is 9.72. The van der Waals surface area contributed by atoms with Crippen molar-refractivity contribution in [3.05, 3.63) is 47.8 Å². The van der Waals surface area contributed by atoms with Crippen LogP contribution in [0.15, 0.2) is 30.6 Å². The fraction of sp³-hybridized carbons (Fsp3) is 0.400. The van der Waals surface area contributed by atoms with Crippen LogP contribution < -0.4 is 10.2 Å². The highest BCUT2D eigenvalue weighted by atomic mass is 16.2. The lowest BCUT2D eigenvalue weighted by atomic mass is 9.97. The molecule has 1 N–H and O–H groups in total. The second-order valence-electron chi connectivity index (χ2n) is 7.34. The maximum Gasteiger partial charge on any atom is 0.231 e. The van der Waals surface area contributed by atoms with Gasteiger partial charge in [0.2, 0.25) is 11.9 Å². The van der Waals surface area contributed by atoms with Gasteiger partial charge in [0, 0.05) is 36.9 Å². The summed E-state index contributed by atoms with van der Waals surface area (Å²) in [5.74, 6) is 2.51. The maximum atomic E-state index is 12.7. The van der Waals surface area contributed by atoms with Crippen molar-refractivity contribution < 1.29 is 4.79 Å². The Bertz CT molecular complexity index is 993. The number of anilines is 2. The third-order valence-electron chi connectivity index (χ3n) is 5.04. The Morgan fingerprint density at radius 2 is 1.83 bits per heavy atom. The molecule has 3 aromatic rings. The van der Waals surface area contributed by atoms with Crippen molar-refractivity contribution in [2.45, 2.75) is 33.6 Å². The van der Waals surface area contributed by atoms with E-state index in [-0.39, 0.29) is 11.8 Å². The highest BCUT2D eigenvalue weighted by Crippen LogP contribution is 2.23. The van der Waals surface area contributed by atoms with Crippen LogP contribution >= 0.6 is 0 Å². The van der Waals surface area contributed by atoms with Crippen molar-refractivity contribution in [3.8, 4) is 5.82 Å². The molecule has 0 aliphatic carbocycles. The van der Waals surface area contributed by atoms with E-state index >= 15 is 0 Å². The summed E-state index contributed by atoms with van der Waals surface area (Å²) < 4.78 is 1.88. The van der Waals surface area contributed by atoms with Crippen LogP contribution in [0, 0.1) is 26.7 Å². The van der Waals surface area contributed by atoms with Crippen LogP contribution in [0.4, 0.5) is 11.8 Å². The molecule has 0 aromatic carbocycles. The van der Waals surface area contributed by atoms with E-state index in [1.165, 1.54) is 0 Å². The summed E-state index contributed by atoms with van der Waals surface area (Å²) in [6, 6.07) is 5.74. The highest BCUT2D eigenvalue weighted by Gasteiger charge is 2.27. The van der Waals surface area contributed by atoms with Crippen LogP contribution in [0.2, 0.25) is 0 Å². The summed E-state index contributed by atoms with van der Waals surface area (Å²) in [5, 5.41) is 11.6. The normalized spacial score (nSPS) is 16.7. The molecule has 1 saturated heterocycles. The van der Waals surface area contributed by atoms with Crippen molar-refractivity contribution in [1.29, 1.82) is 0 Å². The first-order valence-electron chi connectivity index (χ1n) is 9.72. The van der Waals surface area contributed by atoms with E-state index in [9.17, 15) is 4.79 Å². The predicted molar refractivity (Wildman–Crippen MR) is 109 cm³/mol. The number of carbonyl (C=O) groups excluding carboxylic acids is 1. The Morgan fingerprint density at radius 3 is 2.48 bits per heavy atom. The van der Waals surface area contributed by atoms with Crippen molar-refractivity contribution >= 4 is 17.7 Å². The number of rotatable bonds is 4. The molecule has 0 saturated carbocycles. The van der Waals surface area contributed by atoms with E-state index in [1.807, 2.05) is 49.7 Å². The first kappa shape index (κ1) is 19.0. The van der Waals surface area contributed by atoms with Crippen LogP contribution in [-0.2, 0) is 4.79 Å². The van der Waals surface area contributed by atoms with Gasteiger partial charge >= 0.3 is 0 Å². The minimum Gasteiger partial charge on any atom is -0.354 e. The molecule has 1 aliphatic rings. The Balaban J connectivity index is 1.44. The molecule has 150 valence electrons.